The molecular formula is C29H30FN3O6. The zero-order valence-corrected chi connectivity index (χ0v) is 21.9. The van der Waals surface area contributed by atoms with Crippen LogP contribution in [0.25, 0.3) is 16.6 Å². The standard InChI is InChI=1S/C29H30FN3O6/c1-3-29(38)18-8-21-25-16(10-33(21)26(36)17(18)12-39-27(29)37)24-23-15(14(2)19(30)9-20(23)31-25)4-5-28(24)6-7-32(13-28)22(35)11-34/h8-9,26,34,36,38H,3-7,10-13H2,1-2H3/t26?,28-,29-/m0/s1. The first-order valence-corrected chi connectivity index (χ1v) is 13.5. The molecule has 5 aliphatic rings. The van der Waals surface area contributed by atoms with Gasteiger partial charge in [0.2, 0.25) is 5.91 Å². The zero-order valence-electron chi connectivity index (χ0n) is 21.9. The number of nitrogens with zero attached hydrogens (tertiary/aromatic N) is 3. The number of carbonyl (C=O) groups is 2. The number of fused-ring (bicyclic) bond motifs is 5. The fourth-order valence-electron chi connectivity index (χ4n) is 7.52. The maximum Gasteiger partial charge on any atom is 0.343 e. The average molecular weight is 536 g/mol. The van der Waals surface area contributed by atoms with E-state index in [1.165, 1.54) is 6.07 Å². The number of aliphatic hydroxyl groups excluding tert-OH is 2. The molecular weight excluding hydrogens is 505 g/mol. The Labute approximate surface area is 224 Å². The summed E-state index contributed by atoms with van der Waals surface area (Å²) in [5, 5.41) is 33.2. The lowest BCUT2D eigenvalue weighted by atomic mass is 9.67. The molecule has 7 rings (SSSR count). The molecule has 0 radical (unpaired) electrons. The molecule has 2 aromatic rings. The molecule has 1 saturated heterocycles. The molecule has 1 unspecified atom stereocenters. The Hall–Kier alpha value is -3.34. The van der Waals surface area contributed by atoms with Crippen molar-refractivity contribution in [1.82, 2.24) is 14.8 Å². The van der Waals surface area contributed by atoms with E-state index in [4.69, 9.17) is 9.72 Å². The fourth-order valence-corrected chi connectivity index (χ4v) is 7.52. The molecule has 1 amide bonds. The van der Waals surface area contributed by atoms with Crippen molar-refractivity contribution >= 4 is 28.5 Å². The van der Waals surface area contributed by atoms with Crippen LogP contribution in [0.3, 0.4) is 0 Å². The van der Waals surface area contributed by atoms with E-state index in [0.717, 1.165) is 28.5 Å². The summed E-state index contributed by atoms with van der Waals surface area (Å²) in [7, 11) is 0. The number of cyclic esters (lactones) is 1. The molecule has 0 saturated carbocycles. The Morgan fingerprint density at radius 2 is 2.10 bits per heavy atom. The van der Waals surface area contributed by atoms with E-state index in [1.807, 2.05) is 0 Å². The fraction of sp³-hybridized carbons (Fsp3) is 0.483. The SMILES string of the molecule is CC[C@@]1(O)C(=O)OCC2=C1C=C1c3nc4cc(F)c(C)c5c4c(c3CN1C2O)[C@@]1(CC5)CCN(C(=O)CO)C1. The second kappa shape index (κ2) is 8.09. The van der Waals surface area contributed by atoms with Gasteiger partial charge in [-0.15, -0.1) is 0 Å². The van der Waals surface area contributed by atoms with Gasteiger partial charge in [0.1, 0.15) is 19.0 Å². The van der Waals surface area contributed by atoms with Crippen molar-refractivity contribution in [3.63, 3.8) is 0 Å². The van der Waals surface area contributed by atoms with Crippen LogP contribution in [0.4, 0.5) is 4.39 Å². The molecule has 3 atom stereocenters. The minimum absolute atomic E-state index is 0.0795. The third-order valence-electron chi connectivity index (χ3n) is 9.70. The van der Waals surface area contributed by atoms with Gasteiger partial charge in [-0.3, -0.25) is 4.79 Å². The van der Waals surface area contributed by atoms with Crippen LogP contribution in [0.1, 0.15) is 54.1 Å². The van der Waals surface area contributed by atoms with Crippen molar-refractivity contribution in [3.05, 3.63) is 57.1 Å². The van der Waals surface area contributed by atoms with Crippen LogP contribution in [-0.4, -0.2) is 80.1 Å². The average Bonchev–Trinajstić information content (AvgIpc) is 3.52. The minimum atomic E-state index is -1.88. The highest BCUT2D eigenvalue weighted by atomic mass is 19.1. The molecule has 4 aliphatic heterocycles. The second-order valence-corrected chi connectivity index (χ2v) is 11.4. The van der Waals surface area contributed by atoms with Gasteiger partial charge in [-0.2, -0.15) is 0 Å². The molecule has 10 heteroatoms. The normalized spacial score (nSPS) is 29.0. The monoisotopic (exact) mass is 535 g/mol. The van der Waals surface area contributed by atoms with E-state index in [2.05, 4.69) is 0 Å². The summed E-state index contributed by atoms with van der Waals surface area (Å²) >= 11 is 0. The van der Waals surface area contributed by atoms with Crippen molar-refractivity contribution in [1.29, 1.82) is 0 Å². The maximum atomic E-state index is 15.1. The number of hydrogen-bond acceptors (Lipinski definition) is 8. The van der Waals surface area contributed by atoms with E-state index in [0.29, 0.717) is 66.1 Å². The van der Waals surface area contributed by atoms with Gasteiger partial charge in [-0.25, -0.2) is 14.2 Å². The van der Waals surface area contributed by atoms with Crippen LogP contribution in [-0.2, 0) is 32.7 Å². The number of halogens is 1. The van der Waals surface area contributed by atoms with Gasteiger partial charge in [0.15, 0.2) is 11.8 Å². The molecule has 3 N–H and O–H groups in total. The highest BCUT2D eigenvalue weighted by molar-refractivity contribution is 5.95. The summed E-state index contributed by atoms with van der Waals surface area (Å²) in [6.07, 6.45) is 2.75. The molecule has 5 heterocycles. The summed E-state index contributed by atoms with van der Waals surface area (Å²) in [5.41, 5.74) is 3.60. The Bertz CT molecular complexity index is 1570. The lowest BCUT2D eigenvalue weighted by Gasteiger charge is -2.40. The van der Waals surface area contributed by atoms with Gasteiger partial charge in [-0.1, -0.05) is 6.92 Å². The molecule has 1 aliphatic carbocycles. The first-order chi connectivity index (χ1) is 18.6. The summed E-state index contributed by atoms with van der Waals surface area (Å²) in [6.45, 7) is 4.10. The van der Waals surface area contributed by atoms with E-state index in [-0.39, 0.29) is 24.8 Å². The summed E-state index contributed by atoms with van der Waals surface area (Å²) in [4.78, 5) is 33.5. The molecule has 1 spiro atoms. The number of esters is 1. The number of hydrogen-bond donors (Lipinski definition) is 3. The second-order valence-electron chi connectivity index (χ2n) is 11.4. The van der Waals surface area contributed by atoms with Gasteiger partial charge in [-0.05, 0) is 55.4 Å². The van der Waals surface area contributed by atoms with Crippen molar-refractivity contribution < 1.29 is 34.0 Å². The first kappa shape index (κ1) is 24.7. The van der Waals surface area contributed by atoms with E-state index >= 15 is 4.39 Å². The molecule has 1 fully saturated rings. The Kier molecular flexibility index (Phi) is 5.12. The highest BCUT2D eigenvalue weighted by Crippen LogP contribution is 2.53. The summed E-state index contributed by atoms with van der Waals surface area (Å²) in [5.74, 6) is -1.39. The Morgan fingerprint density at radius 1 is 1.31 bits per heavy atom. The molecule has 1 aromatic heterocycles. The lowest BCUT2D eigenvalue weighted by molar-refractivity contribution is -0.164. The maximum absolute atomic E-state index is 15.1. The molecule has 0 bridgehead atoms. The highest BCUT2D eigenvalue weighted by Gasteiger charge is 2.52. The molecule has 9 nitrogen and oxygen atoms in total. The number of pyridine rings is 1. The lowest BCUT2D eigenvalue weighted by Crippen LogP contribution is -2.50. The Balaban J connectivity index is 1.48. The van der Waals surface area contributed by atoms with Gasteiger partial charge >= 0.3 is 5.97 Å². The predicted molar refractivity (Wildman–Crippen MR) is 137 cm³/mol. The number of benzene rings is 1. The zero-order chi connectivity index (χ0) is 27.4. The van der Waals surface area contributed by atoms with Crippen molar-refractivity contribution in [3.8, 4) is 0 Å². The number of ether oxygens (including phenoxy) is 1. The number of likely N-dealkylation sites (tertiary alicyclic amines) is 1. The number of aromatic nitrogens is 1. The number of aryl methyl sites for hydroxylation is 1. The predicted octanol–water partition coefficient (Wildman–Crippen LogP) is 1.57. The van der Waals surface area contributed by atoms with Gasteiger partial charge in [0.05, 0.1) is 16.9 Å². The van der Waals surface area contributed by atoms with E-state index < -0.39 is 29.8 Å². The van der Waals surface area contributed by atoms with Gasteiger partial charge in [0.25, 0.3) is 0 Å². The van der Waals surface area contributed by atoms with Crippen LogP contribution in [0.5, 0.6) is 0 Å². The molecule has 39 heavy (non-hydrogen) atoms. The van der Waals surface area contributed by atoms with Gasteiger partial charge in [0, 0.05) is 53.2 Å². The van der Waals surface area contributed by atoms with Crippen molar-refractivity contribution in [2.75, 3.05) is 26.3 Å². The van der Waals surface area contributed by atoms with E-state index in [1.54, 1.807) is 29.7 Å². The third kappa shape index (κ3) is 3.07. The van der Waals surface area contributed by atoms with Crippen LogP contribution >= 0.6 is 0 Å². The van der Waals surface area contributed by atoms with Gasteiger partial charge < -0.3 is 29.9 Å². The minimum Gasteiger partial charge on any atom is -0.459 e. The van der Waals surface area contributed by atoms with E-state index in [9.17, 15) is 24.9 Å². The van der Waals surface area contributed by atoms with Crippen molar-refractivity contribution in [2.24, 2.45) is 0 Å². The van der Waals surface area contributed by atoms with Crippen LogP contribution in [0.15, 0.2) is 23.3 Å². The Morgan fingerprint density at radius 3 is 2.85 bits per heavy atom. The number of carbonyl (C=O) groups excluding carboxylic acids is 2. The number of rotatable bonds is 2. The van der Waals surface area contributed by atoms with Crippen LogP contribution in [0.2, 0.25) is 0 Å². The topological polar surface area (TPSA) is 123 Å². The van der Waals surface area contributed by atoms with Crippen molar-refractivity contribution in [2.45, 2.75) is 63.3 Å². The summed E-state index contributed by atoms with van der Waals surface area (Å²) in [6, 6.07) is 1.45. The first-order valence-electron chi connectivity index (χ1n) is 13.5. The quantitative estimate of drug-likeness (QED) is 0.496. The molecule has 204 valence electrons. The largest absolute Gasteiger partial charge is 0.459 e. The van der Waals surface area contributed by atoms with Crippen LogP contribution < -0.4 is 0 Å². The smallest absolute Gasteiger partial charge is 0.343 e. The summed E-state index contributed by atoms with van der Waals surface area (Å²) < 4.78 is 20.4. The number of aliphatic hydroxyl groups is 3. The van der Waals surface area contributed by atoms with Crippen LogP contribution in [0, 0.1) is 12.7 Å². The molecule has 1 aromatic carbocycles. The third-order valence-corrected chi connectivity index (χ3v) is 9.70. The number of amides is 1.